The van der Waals surface area contributed by atoms with Crippen LogP contribution in [0.5, 0.6) is 0 Å². The number of rotatable bonds is 4. The van der Waals surface area contributed by atoms with E-state index in [1.807, 2.05) is 0 Å². The fourth-order valence-corrected chi connectivity index (χ4v) is 2.37. The number of thioether (sulfide) groups is 1. The Morgan fingerprint density at radius 3 is 2.79 bits per heavy atom. The molecule has 5 nitrogen and oxygen atoms in total. The average Bonchev–Trinajstić information content (AvgIpc) is 2.66. The zero-order chi connectivity index (χ0) is 10.6. The maximum atomic E-state index is 11.3. The van der Waals surface area contributed by atoms with Gasteiger partial charge in [0.1, 0.15) is 0 Å². The lowest BCUT2D eigenvalue weighted by atomic mass is 10.2. The molecule has 0 aromatic rings. The molecule has 6 heteroatoms. The number of aliphatic hydroxyl groups is 1. The number of carbonyl (C=O) groups excluding carboxylic acids is 1. The Balaban J connectivity index is 2.23. The number of carbonyl (C=O) groups is 2. The van der Waals surface area contributed by atoms with E-state index in [2.05, 4.69) is 5.32 Å². The Kier molecular flexibility index (Phi) is 4.21. The molecule has 2 atom stereocenters. The Morgan fingerprint density at radius 2 is 2.29 bits per heavy atom. The van der Waals surface area contributed by atoms with Gasteiger partial charge in [-0.1, -0.05) is 0 Å². The van der Waals surface area contributed by atoms with Crippen LogP contribution in [0.3, 0.4) is 0 Å². The molecule has 0 bridgehead atoms. The molecule has 1 aliphatic heterocycles. The van der Waals surface area contributed by atoms with Gasteiger partial charge in [-0.2, -0.15) is 0 Å². The van der Waals surface area contributed by atoms with Gasteiger partial charge < -0.3 is 15.5 Å². The summed E-state index contributed by atoms with van der Waals surface area (Å²) < 4.78 is 0. The highest BCUT2D eigenvalue weighted by atomic mass is 32.2. The zero-order valence-corrected chi connectivity index (χ0v) is 8.42. The van der Waals surface area contributed by atoms with Gasteiger partial charge >= 0.3 is 5.97 Å². The van der Waals surface area contributed by atoms with Crippen LogP contribution in [0.15, 0.2) is 0 Å². The van der Waals surface area contributed by atoms with Crippen LogP contribution in [0.1, 0.15) is 12.8 Å². The van der Waals surface area contributed by atoms with Gasteiger partial charge in [0.25, 0.3) is 0 Å². The van der Waals surface area contributed by atoms with Crippen LogP contribution < -0.4 is 5.32 Å². The summed E-state index contributed by atoms with van der Waals surface area (Å²) in [5, 5.41) is 19.6. The van der Waals surface area contributed by atoms with Crippen LogP contribution in [-0.4, -0.2) is 45.7 Å². The molecular formula is C8H13NO4S. The molecule has 1 heterocycles. The number of hydrogen-bond donors (Lipinski definition) is 3. The van der Waals surface area contributed by atoms with Crippen molar-refractivity contribution >= 4 is 23.6 Å². The van der Waals surface area contributed by atoms with Crippen molar-refractivity contribution in [1.29, 1.82) is 0 Å². The second-order valence-corrected chi connectivity index (χ2v) is 4.41. The van der Waals surface area contributed by atoms with E-state index < -0.39 is 12.1 Å². The first-order valence-corrected chi connectivity index (χ1v) is 5.46. The van der Waals surface area contributed by atoms with E-state index in [4.69, 9.17) is 10.2 Å². The van der Waals surface area contributed by atoms with Gasteiger partial charge in [0.05, 0.1) is 11.8 Å². The monoisotopic (exact) mass is 219 g/mol. The summed E-state index contributed by atoms with van der Waals surface area (Å²) in [6.07, 6.45) is 0.342. The van der Waals surface area contributed by atoms with E-state index in [0.717, 1.165) is 18.6 Å². The Bertz CT molecular complexity index is 227. The molecule has 1 amide bonds. The molecule has 2 unspecified atom stereocenters. The summed E-state index contributed by atoms with van der Waals surface area (Å²) in [6.45, 7) is -0.217. The second-order valence-electron chi connectivity index (χ2n) is 3.10. The number of carboxylic acids is 1. The number of amides is 1. The average molecular weight is 219 g/mol. The highest BCUT2D eigenvalue weighted by Crippen LogP contribution is 2.25. The lowest BCUT2D eigenvalue weighted by molar-refractivity contribution is -0.146. The van der Waals surface area contributed by atoms with Crippen molar-refractivity contribution in [3.63, 3.8) is 0 Å². The van der Waals surface area contributed by atoms with Crippen molar-refractivity contribution in [3.05, 3.63) is 0 Å². The third-order valence-corrected chi connectivity index (χ3v) is 3.35. The topological polar surface area (TPSA) is 86.6 Å². The molecular weight excluding hydrogens is 206 g/mol. The maximum Gasteiger partial charge on any atom is 0.334 e. The van der Waals surface area contributed by atoms with Gasteiger partial charge in [0.2, 0.25) is 5.91 Å². The molecule has 1 fully saturated rings. The second kappa shape index (κ2) is 5.21. The molecule has 14 heavy (non-hydrogen) atoms. The largest absolute Gasteiger partial charge is 0.479 e. The molecule has 80 valence electrons. The van der Waals surface area contributed by atoms with Gasteiger partial charge in [-0.3, -0.25) is 4.79 Å². The van der Waals surface area contributed by atoms with Gasteiger partial charge in [0.15, 0.2) is 6.10 Å². The number of nitrogens with one attached hydrogen (secondary N) is 1. The summed E-state index contributed by atoms with van der Waals surface area (Å²) in [4.78, 5) is 21.6. The molecule has 0 aliphatic carbocycles. The first-order chi connectivity index (χ1) is 6.61. The first kappa shape index (κ1) is 11.3. The highest BCUT2D eigenvalue weighted by molar-refractivity contribution is 8.00. The lowest BCUT2D eigenvalue weighted by Crippen LogP contribution is -2.39. The Morgan fingerprint density at radius 1 is 1.57 bits per heavy atom. The van der Waals surface area contributed by atoms with E-state index in [1.54, 1.807) is 11.8 Å². The van der Waals surface area contributed by atoms with Gasteiger partial charge in [0, 0.05) is 0 Å². The molecule has 0 aromatic carbocycles. The number of hydrogen-bond acceptors (Lipinski definition) is 4. The zero-order valence-electron chi connectivity index (χ0n) is 7.60. The van der Waals surface area contributed by atoms with Crippen LogP contribution >= 0.6 is 11.8 Å². The maximum absolute atomic E-state index is 11.3. The van der Waals surface area contributed by atoms with E-state index in [9.17, 15) is 9.59 Å². The standard InChI is InChI=1S/C8H13NO4S/c10-5(8(12)13)4-9-7(11)6-2-1-3-14-6/h5-6,10H,1-4H2,(H,9,11)(H,12,13). The van der Waals surface area contributed by atoms with Crippen molar-refractivity contribution in [1.82, 2.24) is 5.32 Å². The molecule has 0 radical (unpaired) electrons. The highest BCUT2D eigenvalue weighted by Gasteiger charge is 2.24. The van der Waals surface area contributed by atoms with Gasteiger partial charge in [-0.15, -0.1) is 11.8 Å². The first-order valence-electron chi connectivity index (χ1n) is 4.41. The van der Waals surface area contributed by atoms with E-state index in [-0.39, 0.29) is 17.7 Å². The van der Waals surface area contributed by atoms with Crippen molar-refractivity contribution in [2.45, 2.75) is 24.2 Å². The lowest BCUT2D eigenvalue weighted by Gasteiger charge is -2.11. The van der Waals surface area contributed by atoms with E-state index >= 15 is 0 Å². The minimum Gasteiger partial charge on any atom is -0.479 e. The molecule has 1 saturated heterocycles. The SMILES string of the molecule is O=C(O)C(O)CNC(=O)C1CCCS1. The minimum atomic E-state index is -1.51. The number of aliphatic carboxylic acids is 1. The van der Waals surface area contributed by atoms with E-state index in [1.165, 1.54) is 0 Å². The predicted octanol–water partition coefficient (Wildman–Crippen LogP) is -0.556. The number of carboxylic acid groups (broad SMARTS) is 1. The van der Waals surface area contributed by atoms with E-state index in [0.29, 0.717) is 0 Å². The Labute approximate surface area is 85.9 Å². The summed E-state index contributed by atoms with van der Waals surface area (Å²) in [6, 6.07) is 0. The smallest absolute Gasteiger partial charge is 0.334 e. The summed E-state index contributed by atoms with van der Waals surface area (Å²) in [5.41, 5.74) is 0. The van der Waals surface area contributed by atoms with Crippen LogP contribution in [0, 0.1) is 0 Å². The quantitative estimate of drug-likeness (QED) is 0.590. The third kappa shape index (κ3) is 3.19. The van der Waals surface area contributed by atoms with Crippen molar-refractivity contribution in [2.75, 3.05) is 12.3 Å². The molecule has 0 aromatic heterocycles. The summed E-state index contributed by atoms with van der Waals surface area (Å²) >= 11 is 1.57. The van der Waals surface area contributed by atoms with Crippen molar-refractivity contribution in [2.24, 2.45) is 0 Å². The normalized spacial score (nSPS) is 23.1. The van der Waals surface area contributed by atoms with Crippen LogP contribution in [0.4, 0.5) is 0 Å². The molecule has 0 saturated carbocycles. The van der Waals surface area contributed by atoms with Gasteiger partial charge in [-0.25, -0.2) is 4.79 Å². The van der Waals surface area contributed by atoms with Crippen LogP contribution in [0.25, 0.3) is 0 Å². The van der Waals surface area contributed by atoms with Crippen LogP contribution in [-0.2, 0) is 9.59 Å². The minimum absolute atomic E-state index is 0.0732. The summed E-state index contributed by atoms with van der Waals surface area (Å²) in [5.74, 6) is -0.517. The molecule has 1 rings (SSSR count). The number of aliphatic hydroxyl groups excluding tert-OH is 1. The molecule has 1 aliphatic rings. The summed E-state index contributed by atoms with van der Waals surface area (Å²) in [7, 11) is 0. The fraction of sp³-hybridized carbons (Fsp3) is 0.750. The predicted molar refractivity (Wildman–Crippen MR) is 52.1 cm³/mol. The third-order valence-electron chi connectivity index (χ3n) is 1.98. The van der Waals surface area contributed by atoms with Crippen LogP contribution in [0.2, 0.25) is 0 Å². The molecule has 3 N–H and O–H groups in total. The Hall–Kier alpha value is -0.750. The van der Waals surface area contributed by atoms with Crippen molar-refractivity contribution in [3.8, 4) is 0 Å². The fourth-order valence-electron chi connectivity index (χ4n) is 1.18. The molecule has 0 spiro atoms. The van der Waals surface area contributed by atoms with Gasteiger partial charge in [-0.05, 0) is 18.6 Å². The van der Waals surface area contributed by atoms with Crippen molar-refractivity contribution < 1.29 is 19.8 Å².